The Morgan fingerprint density at radius 2 is 2.13 bits per heavy atom. The van der Waals surface area contributed by atoms with E-state index in [0.29, 0.717) is 23.5 Å². The van der Waals surface area contributed by atoms with Gasteiger partial charge in [0.25, 0.3) is 0 Å². The van der Waals surface area contributed by atoms with Gasteiger partial charge in [-0.2, -0.15) is 0 Å². The minimum absolute atomic E-state index is 0.201. The predicted octanol–water partition coefficient (Wildman–Crippen LogP) is 1.93. The van der Waals surface area contributed by atoms with Gasteiger partial charge >= 0.3 is 0 Å². The highest BCUT2D eigenvalue weighted by Crippen LogP contribution is 2.56. The summed E-state index contributed by atoms with van der Waals surface area (Å²) in [4.78, 5) is 12.1. The fourth-order valence-electron chi connectivity index (χ4n) is 3.97. The molecule has 0 aromatic heterocycles. The average molecular weight is 206 g/mol. The van der Waals surface area contributed by atoms with Gasteiger partial charge in [0.05, 0.1) is 0 Å². The number of ketones is 1. The molecular formula is C13H18O2. The van der Waals surface area contributed by atoms with Crippen molar-refractivity contribution in [1.82, 2.24) is 0 Å². The standard InChI is InChI=1S/C13H18O2/c14-5-1-2-10-7-11-8-3-4-9(6-8)12(11)13(10)15/h7-9,11-12,14H,1-6H2/t8-,9+,11+,12-/m0/s1. The van der Waals surface area contributed by atoms with E-state index in [-0.39, 0.29) is 6.61 Å². The van der Waals surface area contributed by atoms with E-state index >= 15 is 0 Å². The lowest BCUT2D eigenvalue weighted by molar-refractivity contribution is -0.120. The summed E-state index contributed by atoms with van der Waals surface area (Å²) in [5.74, 6) is 2.83. The maximum Gasteiger partial charge on any atom is 0.162 e. The van der Waals surface area contributed by atoms with E-state index in [0.717, 1.165) is 24.3 Å². The Bertz CT molecular complexity index is 318. The van der Waals surface area contributed by atoms with Gasteiger partial charge in [-0.3, -0.25) is 4.79 Å². The van der Waals surface area contributed by atoms with Crippen molar-refractivity contribution in [2.24, 2.45) is 23.7 Å². The minimum atomic E-state index is 0.201. The van der Waals surface area contributed by atoms with Crippen molar-refractivity contribution in [1.29, 1.82) is 0 Å². The van der Waals surface area contributed by atoms with Crippen LogP contribution >= 0.6 is 0 Å². The number of fused-ring (bicyclic) bond motifs is 5. The van der Waals surface area contributed by atoms with Crippen molar-refractivity contribution >= 4 is 5.78 Å². The van der Waals surface area contributed by atoms with E-state index in [1.807, 2.05) is 0 Å². The Labute approximate surface area is 90.4 Å². The Balaban J connectivity index is 1.78. The highest BCUT2D eigenvalue weighted by molar-refractivity contribution is 6.00. The molecule has 2 nitrogen and oxygen atoms in total. The molecule has 0 aromatic rings. The van der Waals surface area contributed by atoms with Crippen molar-refractivity contribution in [2.45, 2.75) is 32.1 Å². The van der Waals surface area contributed by atoms with Crippen LogP contribution in [-0.4, -0.2) is 17.5 Å². The molecule has 0 amide bonds. The van der Waals surface area contributed by atoms with Crippen LogP contribution in [0.5, 0.6) is 0 Å². The Hall–Kier alpha value is -0.630. The highest BCUT2D eigenvalue weighted by atomic mass is 16.2. The number of Topliss-reactive ketones (excluding diaryl/α,β-unsaturated/α-hetero) is 1. The lowest BCUT2D eigenvalue weighted by atomic mass is 9.81. The zero-order valence-electron chi connectivity index (χ0n) is 8.98. The average Bonchev–Trinajstić information content (AvgIpc) is 2.88. The van der Waals surface area contributed by atoms with Gasteiger partial charge in [-0.25, -0.2) is 0 Å². The quantitative estimate of drug-likeness (QED) is 0.766. The largest absolute Gasteiger partial charge is 0.396 e. The molecule has 0 aromatic carbocycles. The monoisotopic (exact) mass is 206 g/mol. The van der Waals surface area contributed by atoms with Crippen LogP contribution in [0.25, 0.3) is 0 Å². The molecule has 4 atom stereocenters. The number of aliphatic hydroxyl groups excluding tert-OH is 1. The van der Waals surface area contributed by atoms with Gasteiger partial charge < -0.3 is 5.11 Å². The third-order valence-electron chi connectivity index (χ3n) is 4.60. The van der Waals surface area contributed by atoms with E-state index in [1.54, 1.807) is 0 Å². The molecule has 1 N–H and O–H groups in total. The third kappa shape index (κ3) is 1.31. The van der Waals surface area contributed by atoms with Crippen molar-refractivity contribution in [2.75, 3.05) is 6.61 Å². The molecule has 2 fully saturated rings. The van der Waals surface area contributed by atoms with Gasteiger partial charge in [-0.1, -0.05) is 6.08 Å². The van der Waals surface area contributed by atoms with Crippen LogP contribution in [0.2, 0.25) is 0 Å². The predicted molar refractivity (Wildman–Crippen MR) is 57.2 cm³/mol. The second-order valence-electron chi connectivity index (χ2n) is 5.32. The Kier molecular flexibility index (Phi) is 2.20. The van der Waals surface area contributed by atoms with Crippen LogP contribution in [0.1, 0.15) is 32.1 Å². The van der Waals surface area contributed by atoms with Crippen molar-refractivity contribution in [3.05, 3.63) is 11.6 Å². The van der Waals surface area contributed by atoms with Crippen molar-refractivity contribution in [3.63, 3.8) is 0 Å². The SMILES string of the molecule is O=C1C(CCCO)=C[C@@H]2[C@H]3CC[C@H](C3)[C@H]12. The van der Waals surface area contributed by atoms with Gasteiger partial charge in [0.2, 0.25) is 0 Å². The van der Waals surface area contributed by atoms with Crippen LogP contribution in [0.4, 0.5) is 0 Å². The maximum atomic E-state index is 12.1. The molecule has 15 heavy (non-hydrogen) atoms. The van der Waals surface area contributed by atoms with Gasteiger partial charge in [0.15, 0.2) is 5.78 Å². The van der Waals surface area contributed by atoms with Crippen LogP contribution in [-0.2, 0) is 4.79 Å². The second kappa shape index (κ2) is 3.44. The number of carbonyl (C=O) groups excluding carboxylic acids is 1. The summed E-state index contributed by atoms with van der Waals surface area (Å²) < 4.78 is 0. The fourth-order valence-corrected chi connectivity index (χ4v) is 3.97. The highest BCUT2D eigenvalue weighted by Gasteiger charge is 2.52. The molecule has 0 heterocycles. The van der Waals surface area contributed by atoms with Gasteiger partial charge in [-0.15, -0.1) is 0 Å². The number of carbonyl (C=O) groups is 1. The summed E-state index contributed by atoms with van der Waals surface area (Å²) in [5, 5.41) is 8.79. The summed E-state index contributed by atoms with van der Waals surface area (Å²) in [6.45, 7) is 0.201. The smallest absolute Gasteiger partial charge is 0.162 e. The summed E-state index contributed by atoms with van der Waals surface area (Å²) in [5.41, 5.74) is 1.02. The number of hydrogen-bond acceptors (Lipinski definition) is 2. The van der Waals surface area contributed by atoms with Crippen molar-refractivity contribution < 1.29 is 9.90 Å². The molecule has 2 saturated carbocycles. The second-order valence-corrected chi connectivity index (χ2v) is 5.32. The number of aliphatic hydroxyl groups is 1. The van der Waals surface area contributed by atoms with Crippen LogP contribution in [0.3, 0.4) is 0 Å². The molecule has 0 aliphatic heterocycles. The Morgan fingerprint density at radius 1 is 1.33 bits per heavy atom. The molecule has 3 aliphatic rings. The normalized spacial score (nSPS) is 42.2. The summed E-state index contributed by atoms with van der Waals surface area (Å²) in [7, 11) is 0. The molecule has 0 unspecified atom stereocenters. The zero-order chi connectivity index (χ0) is 10.4. The molecule has 0 spiro atoms. The van der Waals surface area contributed by atoms with E-state index in [9.17, 15) is 4.79 Å². The third-order valence-corrected chi connectivity index (χ3v) is 4.60. The summed E-state index contributed by atoms with van der Waals surface area (Å²) >= 11 is 0. The molecule has 3 rings (SSSR count). The number of allylic oxidation sites excluding steroid dienone is 2. The first kappa shape index (κ1) is 9.59. The molecule has 2 heteroatoms. The zero-order valence-corrected chi connectivity index (χ0v) is 8.98. The first-order chi connectivity index (χ1) is 7.31. The first-order valence-electron chi connectivity index (χ1n) is 6.17. The van der Waals surface area contributed by atoms with Crippen molar-refractivity contribution in [3.8, 4) is 0 Å². The lowest BCUT2D eigenvalue weighted by Gasteiger charge is -2.22. The first-order valence-corrected chi connectivity index (χ1v) is 6.17. The molecule has 0 saturated heterocycles. The van der Waals surface area contributed by atoms with E-state index in [2.05, 4.69) is 6.08 Å². The molecule has 2 bridgehead atoms. The minimum Gasteiger partial charge on any atom is -0.396 e. The Morgan fingerprint density at radius 3 is 2.87 bits per heavy atom. The van der Waals surface area contributed by atoms with E-state index in [4.69, 9.17) is 5.11 Å². The van der Waals surface area contributed by atoms with E-state index in [1.165, 1.54) is 19.3 Å². The summed E-state index contributed by atoms with van der Waals surface area (Å²) in [6, 6.07) is 0. The van der Waals surface area contributed by atoms with E-state index < -0.39 is 0 Å². The summed E-state index contributed by atoms with van der Waals surface area (Å²) in [6.07, 6.45) is 7.69. The van der Waals surface area contributed by atoms with Gasteiger partial charge in [0.1, 0.15) is 0 Å². The molecule has 0 radical (unpaired) electrons. The lowest BCUT2D eigenvalue weighted by Crippen LogP contribution is -2.23. The van der Waals surface area contributed by atoms with Crippen LogP contribution in [0.15, 0.2) is 11.6 Å². The number of rotatable bonds is 3. The van der Waals surface area contributed by atoms with Gasteiger partial charge in [0, 0.05) is 12.5 Å². The fraction of sp³-hybridized carbons (Fsp3) is 0.769. The van der Waals surface area contributed by atoms with Gasteiger partial charge in [-0.05, 0) is 55.4 Å². The molecular weight excluding hydrogens is 188 g/mol. The topological polar surface area (TPSA) is 37.3 Å². The molecule has 82 valence electrons. The van der Waals surface area contributed by atoms with Crippen LogP contribution in [0, 0.1) is 23.7 Å². The molecule has 3 aliphatic carbocycles. The van der Waals surface area contributed by atoms with Crippen LogP contribution < -0.4 is 0 Å². The number of hydrogen-bond donors (Lipinski definition) is 1. The maximum absolute atomic E-state index is 12.1.